The maximum Gasteiger partial charge on any atom is 0.223 e. The number of nitrogens with zero attached hydrogens (tertiary/aromatic N) is 1. The molecule has 7 heteroatoms. The number of likely N-dealkylation sites (tertiary alicyclic amines) is 1. The highest BCUT2D eigenvalue weighted by Crippen LogP contribution is 2.37. The van der Waals surface area contributed by atoms with E-state index in [1.807, 2.05) is 11.3 Å². The Morgan fingerprint density at radius 1 is 1.28 bits per heavy atom. The first-order valence-electron chi connectivity index (χ1n) is 8.92. The quantitative estimate of drug-likeness (QED) is 0.785. The van der Waals surface area contributed by atoms with Crippen LogP contribution in [0, 0.1) is 17.8 Å². The lowest BCUT2D eigenvalue weighted by Gasteiger charge is -2.39. The van der Waals surface area contributed by atoms with Gasteiger partial charge in [0.05, 0.1) is 0 Å². The number of nitrogens with two attached hydrogens (primary N) is 1. The number of hydrogen-bond donors (Lipinski definition) is 2. The molecule has 1 amide bonds. The molecule has 25 heavy (non-hydrogen) atoms. The Balaban J connectivity index is 0.00000156. The maximum atomic E-state index is 12.6. The van der Waals surface area contributed by atoms with Gasteiger partial charge in [-0.3, -0.25) is 9.69 Å². The van der Waals surface area contributed by atoms with Gasteiger partial charge in [0, 0.05) is 23.4 Å². The Kier molecular flexibility index (Phi) is 9.75. The van der Waals surface area contributed by atoms with Crippen LogP contribution in [0.3, 0.4) is 0 Å². The number of piperidine rings is 1. The topological polar surface area (TPSA) is 58.4 Å². The number of hydrogen-bond acceptors (Lipinski definition) is 4. The lowest BCUT2D eigenvalue weighted by atomic mass is 9.88. The van der Waals surface area contributed by atoms with Crippen LogP contribution in [0.2, 0.25) is 0 Å². The van der Waals surface area contributed by atoms with E-state index < -0.39 is 0 Å². The summed E-state index contributed by atoms with van der Waals surface area (Å²) in [6, 6.07) is 4.80. The highest BCUT2D eigenvalue weighted by atomic mass is 35.5. The van der Waals surface area contributed by atoms with E-state index in [2.05, 4.69) is 34.8 Å². The van der Waals surface area contributed by atoms with E-state index in [9.17, 15) is 4.79 Å². The number of carbonyl (C=O) groups is 1. The Morgan fingerprint density at radius 3 is 2.72 bits per heavy atom. The van der Waals surface area contributed by atoms with E-state index in [0.717, 1.165) is 32.4 Å². The molecule has 0 aromatic carbocycles. The van der Waals surface area contributed by atoms with E-state index in [4.69, 9.17) is 5.73 Å². The van der Waals surface area contributed by atoms with Crippen molar-refractivity contribution in [2.75, 3.05) is 26.7 Å². The van der Waals surface area contributed by atoms with Crippen LogP contribution in [0.1, 0.15) is 43.0 Å². The highest BCUT2D eigenvalue weighted by molar-refractivity contribution is 7.10. The number of halogens is 2. The van der Waals surface area contributed by atoms with Crippen LogP contribution in [-0.4, -0.2) is 37.5 Å². The van der Waals surface area contributed by atoms with Gasteiger partial charge >= 0.3 is 0 Å². The molecule has 3 N–H and O–H groups in total. The van der Waals surface area contributed by atoms with Gasteiger partial charge in [0.1, 0.15) is 0 Å². The summed E-state index contributed by atoms with van der Waals surface area (Å²) in [6.07, 6.45) is 5.67. The van der Waals surface area contributed by atoms with Crippen molar-refractivity contribution in [3.63, 3.8) is 0 Å². The molecule has 1 aliphatic heterocycles. The summed E-state index contributed by atoms with van der Waals surface area (Å²) >= 11 is 1.83. The molecular weight excluding hydrogens is 377 g/mol. The molecule has 0 radical (unpaired) electrons. The summed E-state index contributed by atoms with van der Waals surface area (Å²) in [5.74, 6) is 1.27. The zero-order valence-electron chi connectivity index (χ0n) is 14.9. The number of carbonyl (C=O) groups excluding carboxylic acids is 1. The van der Waals surface area contributed by atoms with Crippen molar-refractivity contribution in [2.24, 2.45) is 23.5 Å². The van der Waals surface area contributed by atoms with Gasteiger partial charge in [0.25, 0.3) is 0 Å². The monoisotopic (exact) mass is 407 g/mol. The van der Waals surface area contributed by atoms with Crippen LogP contribution in [0.5, 0.6) is 0 Å². The van der Waals surface area contributed by atoms with Crippen molar-refractivity contribution >= 4 is 42.1 Å². The zero-order valence-corrected chi connectivity index (χ0v) is 17.3. The van der Waals surface area contributed by atoms with Gasteiger partial charge in [-0.2, -0.15) is 0 Å². The zero-order chi connectivity index (χ0) is 16.2. The lowest BCUT2D eigenvalue weighted by Crippen LogP contribution is -2.43. The first-order valence-corrected chi connectivity index (χ1v) is 9.80. The minimum atomic E-state index is 0. The molecular formula is C18H31Cl2N3OS. The molecule has 0 spiro atoms. The average Bonchev–Trinajstić information content (AvgIpc) is 3.23. The van der Waals surface area contributed by atoms with Crippen LogP contribution in [0.15, 0.2) is 17.5 Å². The molecule has 1 aromatic heterocycles. The van der Waals surface area contributed by atoms with E-state index in [1.54, 1.807) is 0 Å². The van der Waals surface area contributed by atoms with Gasteiger partial charge in [-0.05, 0) is 69.1 Å². The fraction of sp³-hybridized carbons (Fsp3) is 0.722. The van der Waals surface area contributed by atoms with Crippen LogP contribution in [0.4, 0.5) is 0 Å². The van der Waals surface area contributed by atoms with Crippen molar-refractivity contribution in [2.45, 2.75) is 38.1 Å². The summed E-state index contributed by atoms with van der Waals surface area (Å²) < 4.78 is 0. The summed E-state index contributed by atoms with van der Waals surface area (Å²) in [7, 11) is 2.21. The molecule has 2 aliphatic rings. The Hall–Kier alpha value is -0.330. The minimum absolute atomic E-state index is 0. The normalized spacial score (nSPS) is 29.5. The first-order chi connectivity index (χ1) is 11.2. The van der Waals surface area contributed by atoms with E-state index in [-0.39, 0.29) is 36.6 Å². The summed E-state index contributed by atoms with van der Waals surface area (Å²) in [6.45, 7) is 2.58. The molecule has 2 fully saturated rings. The van der Waals surface area contributed by atoms with Crippen LogP contribution in [-0.2, 0) is 4.79 Å². The van der Waals surface area contributed by atoms with Gasteiger partial charge in [-0.1, -0.05) is 12.5 Å². The molecule has 3 rings (SSSR count). The van der Waals surface area contributed by atoms with Gasteiger partial charge in [0.15, 0.2) is 0 Å². The fourth-order valence-electron chi connectivity index (χ4n) is 4.41. The number of nitrogens with one attached hydrogen (secondary N) is 1. The fourth-order valence-corrected chi connectivity index (χ4v) is 5.39. The smallest absolute Gasteiger partial charge is 0.223 e. The first kappa shape index (κ1) is 22.7. The average molecular weight is 408 g/mol. The minimum Gasteiger partial charge on any atom is -0.356 e. The van der Waals surface area contributed by atoms with Crippen LogP contribution in [0.25, 0.3) is 0 Å². The number of thiophene rings is 1. The third-order valence-corrected chi connectivity index (χ3v) is 6.62. The molecule has 1 saturated heterocycles. The van der Waals surface area contributed by atoms with Gasteiger partial charge < -0.3 is 11.1 Å². The summed E-state index contributed by atoms with van der Waals surface area (Å²) in [4.78, 5) is 16.4. The Labute approximate surface area is 167 Å². The molecule has 1 saturated carbocycles. The second-order valence-corrected chi connectivity index (χ2v) is 8.10. The highest BCUT2D eigenvalue weighted by Gasteiger charge is 2.34. The molecule has 144 valence electrons. The molecule has 1 aromatic rings. The largest absolute Gasteiger partial charge is 0.356 e. The third-order valence-electron chi connectivity index (χ3n) is 5.68. The Morgan fingerprint density at radius 2 is 2.04 bits per heavy atom. The summed E-state index contributed by atoms with van der Waals surface area (Å²) in [5, 5.41) is 5.41. The van der Waals surface area contributed by atoms with Crippen molar-refractivity contribution in [1.82, 2.24) is 10.2 Å². The van der Waals surface area contributed by atoms with Crippen molar-refractivity contribution in [3.05, 3.63) is 22.4 Å². The van der Waals surface area contributed by atoms with Crippen LogP contribution >= 0.6 is 36.2 Å². The standard InChI is InChI=1S/C18H29N3OS.2ClH/c1-21-9-3-6-14(17(21)16-8-4-10-23-16)12-20-18(22)15-7-2-5-13(15)11-19;;/h4,8,10,13-15,17H,2-3,5-7,9,11-12,19H2,1H3,(H,20,22);2*1H/t13-,14?,15-,17?;;/m1../s1. The molecule has 2 unspecified atom stereocenters. The van der Waals surface area contributed by atoms with Gasteiger partial charge in [-0.25, -0.2) is 0 Å². The number of rotatable bonds is 5. The molecule has 4 nitrogen and oxygen atoms in total. The van der Waals surface area contributed by atoms with Crippen molar-refractivity contribution in [3.8, 4) is 0 Å². The SMILES string of the molecule is CN1CCCC(CNC(=O)[C@@H]2CCC[C@@H]2CN)C1c1cccs1.Cl.Cl. The molecule has 1 aliphatic carbocycles. The maximum absolute atomic E-state index is 12.6. The van der Waals surface area contributed by atoms with E-state index >= 15 is 0 Å². The molecule has 0 bridgehead atoms. The molecule has 2 heterocycles. The predicted octanol–water partition coefficient (Wildman–Crippen LogP) is 3.47. The Bertz CT molecular complexity index is 514. The van der Waals surface area contributed by atoms with Crippen molar-refractivity contribution < 1.29 is 4.79 Å². The lowest BCUT2D eigenvalue weighted by molar-refractivity contribution is -0.126. The second kappa shape index (κ2) is 10.7. The predicted molar refractivity (Wildman–Crippen MR) is 110 cm³/mol. The van der Waals surface area contributed by atoms with Gasteiger partial charge in [0.2, 0.25) is 5.91 Å². The third kappa shape index (κ3) is 5.33. The second-order valence-electron chi connectivity index (χ2n) is 7.12. The van der Waals surface area contributed by atoms with E-state index in [1.165, 1.54) is 17.7 Å². The van der Waals surface area contributed by atoms with Crippen molar-refractivity contribution in [1.29, 1.82) is 0 Å². The number of amides is 1. The van der Waals surface area contributed by atoms with Crippen LogP contribution < -0.4 is 11.1 Å². The van der Waals surface area contributed by atoms with Gasteiger partial charge in [-0.15, -0.1) is 36.2 Å². The molecule has 4 atom stereocenters. The summed E-state index contributed by atoms with van der Waals surface area (Å²) in [5.41, 5.74) is 5.82. The van der Waals surface area contributed by atoms with E-state index in [0.29, 0.717) is 24.4 Å².